The number of unbranched alkanes of at least 4 members (excludes halogenated alkanes) is 1. The third-order valence-corrected chi connectivity index (χ3v) is 3.70. The Morgan fingerprint density at radius 1 is 1.50 bits per heavy atom. The first kappa shape index (κ1) is 16.2. The Morgan fingerprint density at radius 2 is 2.32 bits per heavy atom. The monoisotopic (exact) mass is 308 g/mol. The van der Waals surface area contributed by atoms with Crippen LogP contribution in [0.3, 0.4) is 0 Å². The van der Waals surface area contributed by atoms with E-state index < -0.39 is 10.9 Å². The molecular formula is C14H20N4O4. The largest absolute Gasteiger partial charge is 0.481 e. The van der Waals surface area contributed by atoms with Crippen LogP contribution in [0.4, 0.5) is 11.5 Å². The highest BCUT2D eigenvalue weighted by Gasteiger charge is 2.22. The predicted molar refractivity (Wildman–Crippen MR) is 80.8 cm³/mol. The van der Waals surface area contributed by atoms with Crippen molar-refractivity contribution in [2.24, 2.45) is 0 Å². The van der Waals surface area contributed by atoms with Crippen LogP contribution in [-0.2, 0) is 4.79 Å². The average Bonchev–Trinajstić information content (AvgIpc) is 2.91. The predicted octanol–water partition coefficient (Wildman–Crippen LogP) is 1.73. The van der Waals surface area contributed by atoms with E-state index in [0.29, 0.717) is 12.2 Å². The summed E-state index contributed by atoms with van der Waals surface area (Å²) in [5.74, 6) is -0.103. The van der Waals surface area contributed by atoms with Crippen molar-refractivity contribution < 1.29 is 14.8 Å². The number of nitrogens with one attached hydrogen (secondary N) is 1. The van der Waals surface area contributed by atoms with E-state index >= 15 is 0 Å². The molecular weight excluding hydrogens is 288 g/mol. The van der Waals surface area contributed by atoms with Crippen LogP contribution in [0, 0.1) is 10.1 Å². The maximum absolute atomic E-state index is 10.6. The third-order valence-electron chi connectivity index (χ3n) is 3.70. The van der Waals surface area contributed by atoms with E-state index in [4.69, 9.17) is 5.11 Å². The van der Waals surface area contributed by atoms with Gasteiger partial charge in [0.1, 0.15) is 12.0 Å². The van der Waals surface area contributed by atoms with Gasteiger partial charge < -0.3 is 15.3 Å². The second kappa shape index (κ2) is 7.69. The van der Waals surface area contributed by atoms with Gasteiger partial charge in [0, 0.05) is 31.6 Å². The highest BCUT2D eigenvalue weighted by atomic mass is 16.6. The first-order valence-electron chi connectivity index (χ1n) is 7.36. The lowest BCUT2D eigenvalue weighted by molar-refractivity contribution is -0.385. The highest BCUT2D eigenvalue weighted by Crippen LogP contribution is 2.17. The summed E-state index contributed by atoms with van der Waals surface area (Å²) < 4.78 is 0. The van der Waals surface area contributed by atoms with Gasteiger partial charge in [-0.3, -0.25) is 14.9 Å². The molecule has 1 atom stereocenters. The fraction of sp³-hybridized carbons (Fsp3) is 0.571. The Labute approximate surface area is 128 Å². The quantitative estimate of drug-likeness (QED) is 0.427. The van der Waals surface area contributed by atoms with E-state index in [-0.39, 0.29) is 18.2 Å². The molecule has 1 fully saturated rings. The SMILES string of the molecule is O=C(O)CCCCN1CCC(Nc2ccc([N+](=O)[O-])cn2)C1. The molecule has 0 radical (unpaired) electrons. The molecule has 1 aliphatic rings. The number of hydrogen-bond donors (Lipinski definition) is 2. The first-order valence-corrected chi connectivity index (χ1v) is 7.36. The van der Waals surface area contributed by atoms with Gasteiger partial charge in [0.05, 0.1) is 4.92 Å². The number of carboxylic acid groups (broad SMARTS) is 1. The standard InChI is InChI=1S/C14H20N4O4/c19-14(20)3-1-2-7-17-8-6-11(10-17)16-13-5-4-12(9-15-13)18(21)22/h4-5,9,11H,1-3,6-8,10H2,(H,15,16)(H,19,20). The van der Waals surface area contributed by atoms with E-state index in [1.54, 1.807) is 6.07 Å². The summed E-state index contributed by atoms with van der Waals surface area (Å²) in [5, 5.41) is 22.4. The van der Waals surface area contributed by atoms with Crippen LogP contribution in [0.15, 0.2) is 18.3 Å². The van der Waals surface area contributed by atoms with Crippen LogP contribution in [-0.4, -0.2) is 51.6 Å². The van der Waals surface area contributed by atoms with Gasteiger partial charge in [0.25, 0.3) is 5.69 Å². The zero-order valence-corrected chi connectivity index (χ0v) is 12.3. The molecule has 0 aromatic carbocycles. The molecule has 1 aliphatic heterocycles. The number of nitro groups is 1. The maximum Gasteiger partial charge on any atom is 0.303 e. The molecule has 1 saturated heterocycles. The van der Waals surface area contributed by atoms with Crippen LogP contribution >= 0.6 is 0 Å². The van der Waals surface area contributed by atoms with Gasteiger partial charge in [-0.15, -0.1) is 0 Å². The fourth-order valence-corrected chi connectivity index (χ4v) is 2.55. The molecule has 0 saturated carbocycles. The summed E-state index contributed by atoms with van der Waals surface area (Å²) in [7, 11) is 0. The number of hydrogen-bond acceptors (Lipinski definition) is 6. The molecule has 8 nitrogen and oxygen atoms in total. The minimum atomic E-state index is -0.745. The van der Waals surface area contributed by atoms with Crippen molar-refractivity contribution in [3.8, 4) is 0 Å². The van der Waals surface area contributed by atoms with Crippen molar-refractivity contribution in [1.29, 1.82) is 0 Å². The number of nitrogens with zero attached hydrogens (tertiary/aromatic N) is 3. The number of anilines is 1. The van der Waals surface area contributed by atoms with Gasteiger partial charge in [-0.1, -0.05) is 0 Å². The van der Waals surface area contributed by atoms with Gasteiger partial charge >= 0.3 is 5.97 Å². The lowest BCUT2D eigenvalue weighted by atomic mass is 10.2. The van der Waals surface area contributed by atoms with Crippen LogP contribution < -0.4 is 5.32 Å². The highest BCUT2D eigenvalue weighted by molar-refractivity contribution is 5.66. The number of carboxylic acids is 1. The number of aromatic nitrogens is 1. The molecule has 0 aliphatic carbocycles. The van der Waals surface area contributed by atoms with E-state index in [2.05, 4.69) is 15.2 Å². The van der Waals surface area contributed by atoms with E-state index in [0.717, 1.165) is 32.5 Å². The van der Waals surface area contributed by atoms with Gasteiger partial charge in [-0.25, -0.2) is 4.98 Å². The molecule has 2 heterocycles. The zero-order chi connectivity index (χ0) is 15.9. The van der Waals surface area contributed by atoms with E-state index in [1.165, 1.54) is 12.3 Å². The molecule has 1 unspecified atom stereocenters. The smallest absolute Gasteiger partial charge is 0.303 e. The molecule has 1 aromatic heterocycles. The molecule has 22 heavy (non-hydrogen) atoms. The number of rotatable bonds is 8. The summed E-state index contributed by atoms with van der Waals surface area (Å²) >= 11 is 0. The van der Waals surface area contributed by atoms with E-state index in [9.17, 15) is 14.9 Å². The van der Waals surface area contributed by atoms with Crippen molar-refractivity contribution in [2.45, 2.75) is 31.7 Å². The molecule has 8 heteroatoms. The van der Waals surface area contributed by atoms with Crippen LogP contribution in [0.1, 0.15) is 25.7 Å². The maximum atomic E-state index is 10.6. The molecule has 0 spiro atoms. The van der Waals surface area contributed by atoms with Crippen molar-refractivity contribution in [1.82, 2.24) is 9.88 Å². The number of likely N-dealkylation sites (tertiary alicyclic amines) is 1. The van der Waals surface area contributed by atoms with E-state index in [1.807, 2.05) is 0 Å². The minimum Gasteiger partial charge on any atom is -0.481 e. The van der Waals surface area contributed by atoms with Crippen molar-refractivity contribution in [2.75, 3.05) is 25.0 Å². The summed E-state index contributed by atoms with van der Waals surface area (Å²) in [6.45, 7) is 2.75. The Morgan fingerprint density at radius 3 is 2.95 bits per heavy atom. The van der Waals surface area contributed by atoms with Crippen LogP contribution in [0.5, 0.6) is 0 Å². The van der Waals surface area contributed by atoms with Gasteiger partial charge in [0.15, 0.2) is 0 Å². The average molecular weight is 308 g/mol. The second-order valence-electron chi connectivity index (χ2n) is 5.44. The lowest BCUT2D eigenvalue weighted by Gasteiger charge is -2.16. The summed E-state index contributed by atoms with van der Waals surface area (Å²) in [5.41, 5.74) is -0.0166. The molecule has 2 N–H and O–H groups in total. The van der Waals surface area contributed by atoms with Gasteiger partial charge in [-0.05, 0) is 31.9 Å². The molecule has 2 rings (SSSR count). The van der Waals surface area contributed by atoms with Crippen LogP contribution in [0.2, 0.25) is 0 Å². The Kier molecular flexibility index (Phi) is 5.65. The van der Waals surface area contributed by atoms with Gasteiger partial charge in [0.2, 0.25) is 0 Å². The van der Waals surface area contributed by atoms with Crippen molar-refractivity contribution in [3.05, 3.63) is 28.4 Å². The minimum absolute atomic E-state index is 0.0166. The van der Waals surface area contributed by atoms with Gasteiger partial charge in [-0.2, -0.15) is 0 Å². The molecule has 1 aromatic rings. The molecule has 120 valence electrons. The Hall–Kier alpha value is -2.22. The summed E-state index contributed by atoms with van der Waals surface area (Å²) in [6.07, 6.45) is 4.05. The number of aliphatic carboxylic acids is 1. The summed E-state index contributed by atoms with van der Waals surface area (Å²) in [6, 6.07) is 3.33. The number of pyridine rings is 1. The first-order chi connectivity index (χ1) is 10.5. The zero-order valence-electron chi connectivity index (χ0n) is 12.3. The van der Waals surface area contributed by atoms with Crippen molar-refractivity contribution >= 4 is 17.5 Å². The Balaban J connectivity index is 1.71. The molecule has 0 amide bonds. The van der Waals surface area contributed by atoms with Crippen molar-refractivity contribution in [3.63, 3.8) is 0 Å². The number of carbonyl (C=O) groups is 1. The third kappa shape index (κ3) is 4.96. The molecule has 0 bridgehead atoms. The topological polar surface area (TPSA) is 109 Å². The second-order valence-corrected chi connectivity index (χ2v) is 5.44. The summed E-state index contributed by atoms with van der Waals surface area (Å²) in [4.78, 5) is 26.9. The van der Waals surface area contributed by atoms with Crippen LogP contribution in [0.25, 0.3) is 0 Å². The lowest BCUT2D eigenvalue weighted by Crippen LogP contribution is -2.27. The normalized spacial score (nSPS) is 18.3. The fourth-order valence-electron chi connectivity index (χ4n) is 2.55. The Bertz CT molecular complexity index is 520.